The van der Waals surface area contributed by atoms with Gasteiger partial charge in [-0.2, -0.15) is 0 Å². The Morgan fingerprint density at radius 3 is 2.53 bits per heavy atom. The summed E-state index contributed by atoms with van der Waals surface area (Å²) in [4.78, 5) is 13.0. The average molecular weight is 399 g/mol. The zero-order chi connectivity index (χ0) is 20.5. The molecular weight excluding hydrogens is 378 g/mol. The molecule has 8 heteroatoms. The highest BCUT2D eigenvalue weighted by molar-refractivity contribution is 5.93. The van der Waals surface area contributed by atoms with Crippen molar-refractivity contribution in [3.05, 3.63) is 83.7 Å². The Morgan fingerprint density at radius 1 is 1.03 bits per heavy atom. The molecule has 2 aromatic carbocycles. The van der Waals surface area contributed by atoms with Crippen molar-refractivity contribution < 1.29 is 4.79 Å². The molecule has 0 aliphatic heterocycles. The first-order valence-corrected chi connectivity index (χ1v) is 9.96. The van der Waals surface area contributed by atoms with Crippen LogP contribution < -0.4 is 5.32 Å². The van der Waals surface area contributed by atoms with Crippen molar-refractivity contribution in [3.8, 4) is 11.4 Å². The third-order valence-electron chi connectivity index (χ3n) is 5.22. The molecule has 0 radical (unpaired) electrons. The molecule has 1 fully saturated rings. The molecule has 0 spiro atoms. The molecule has 0 unspecified atom stereocenters. The zero-order valence-corrected chi connectivity index (χ0v) is 16.6. The Bertz CT molecular complexity index is 1170. The molecule has 1 saturated carbocycles. The highest BCUT2D eigenvalue weighted by atomic mass is 16.2. The third-order valence-corrected chi connectivity index (χ3v) is 5.22. The summed E-state index contributed by atoms with van der Waals surface area (Å²) in [5.41, 5.74) is 4.28. The number of aryl methyl sites for hydroxylation is 1. The maximum Gasteiger partial charge on any atom is 0.274 e. The van der Waals surface area contributed by atoms with Crippen LogP contribution in [0.2, 0.25) is 0 Å². The molecule has 0 bridgehead atoms. The largest absolute Gasteiger partial charge is 0.343 e. The lowest BCUT2D eigenvalue weighted by Gasteiger charge is -2.09. The number of benzene rings is 2. The molecule has 2 aromatic heterocycles. The summed E-state index contributed by atoms with van der Waals surface area (Å²) in [5.74, 6) is 0.710. The molecule has 30 heavy (non-hydrogen) atoms. The topological polar surface area (TPSA) is 90.5 Å². The summed E-state index contributed by atoms with van der Waals surface area (Å²) in [7, 11) is 0. The minimum atomic E-state index is -0.252. The SMILES string of the molecule is Cc1ccc(-n2nnc(C(=O)NCc3nncn3-c3ccccc3)c2C2CC2)cc1. The van der Waals surface area contributed by atoms with E-state index in [0.717, 1.165) is 29.9 Å². The molecule has 1 N–H and O–H groups in total. The maximum absolute atomic E-state index is 13.0. The summed E-state index contributed by atoms with van der Waals surface area (Å²) in [6.07, 6.45) is 3.73. The lowest BCUT2D eigenvalue weighted by Crippen LogP contribution is -2.26. The van der Waals surface area contributed by atoms with Gasteiger partial charge < -0.3 is 5.32 Å². The van der Waals surface area contributed by atoms with Gasteiger partial charge in [-0.1, -0.05) is 41.1 Å². The van der Waals surface area contributed by atoms with Crippen LogP contribution in [-0.4, -0.2) is 35.7 Å². The van der Waals surface area contributed by atoms with E-state index in [1.807, 2.05) is 66.1 Å². The highest BCUT2D eigenvalue weighted by Gasteiger charge is 2.34. The van der Waals surface area contributed by atoms with Gasteiger partial charge in [-0.15, -0.1) is 15.3 Å². The van der Waals surface area contributed by atoms with E-state index in [1.54, 1.807) is 11.0 Å². The molecule has 2 heterocycles. The number of nitrogens with one attached hydrogen (secondary N) is 1. The van der Waals surface area contributed by atoms with Crippen LogP contribution in [0, 0.1) is 6.92 Å². The van der Waals surface area contributed by atoms with Crippen molar-refractivity contribution in [1.29, 1.82) is 0 Å². The fourth-order valence-electron chi connectivity index (χ4n) is 3.48. The quantitative estimate of drug-likeness (QED) is 0.538. The van der Waals surface area contributed by atoms with E-state index in [-0.39, 0.29) is 12.5 Å². The minimum absolute atomic E-state index is 0.245. The molecule has 8 nitrogen and oxygen atoms in total. The van der Waals surface area contributed by atoms with Crippen molar-refractivity contribution in [3.63, 3.8) is 0 Å². The van der Waals surface area contributed by atoms with Gasteiger partial charge in [0, 0.05) is 11.6 Å². The monoisotopic (exact) mass is 399 g/mol. The number of rotatable bonds is 6. The molecule has 4 aromatic rings. The summed E-state index contributed by atoms with van der Waals surface area (Å²) in [6, 6.07) is 17.8. The summed E-state index contributed by atoms with van der Waals surface area (Å²) in [6.45, 7) is 2.29. The van der Waals surface area contributed by atoms with Crippen LogP contribution in [0.3, 0.4) is 0 Å². The van der Waals surface area contributed by atoms with Gasteiger partial charge in [0.05, 0.1) is 17.9 Å². The Morgan fingerprint density at radius 2 is 1.80 bits per heavy atom. The number of amides is 1. The summed E-state index contributed by atoms with van der Waals surface area (Å²) >= 11 is 0. The molecule has 1 aliphatic rings. The Kier molecular flexibility index (Phi) is 4.59. The highest BCUT2D eigenvalue weighted by Crippen LogP contribution is 2.42. The van der Waals surface area contributed by atoms with E-state index in [9.17, 15) is 4.79 Å². The van der Waals surface area contributed by atoms with E-state index >= 15 is 0 Å². The Hall–Kier alpha value is -3.81. The van der Waals surface area contributed by atoms with Gasteiger partial charge >= 0.3 is 0 Å². The van der Waals surface area contributed by atoms with Gasteiger partial charge in [-0.3, -0.25) is 9.36 Å². The molecule has 5 rings (SSSR count). The van der Waals surface area contributed by atoms with E-state index in [0.29, 0.717) is 17.4 Å². The van der Waals surface area contributed by atoms with Crippen molar-refractivity contribution in [2.24, 2.45) is 0 Å². The summed E-state index contributed by atoms with van der Waals surface area (Å²) in [5, 5.41) is 19.6. The lowest BCUT2D eigenvalue weighted by molar-refractivity contribution is 0.0943. The van der Waals surface area contributed by atoms with E-state index in [2.05, 4.69) is 25.8 Å². The first-order valence-electron chi connectivity index (χ1n) is 9.96. The van der Waals surface area contributed by atoms with Crippen molar-refractivity contribution in [2.45, 2.75) is 32.2 Å². The minimum Gasteiger partial charge on any atom is -0.343 e. The smallest absolute Gasteiger partial charge is 0.274 e. The molecule has 1 amide bonds. The predicted molar refractivity (Wildman–Crippen MR) is 111 cm³/mol. The predicted octanol–water partition coefficient (Wildman–Crippen LogP) is 2.96. The molecule has 0 saturated heterocycles. The van der Waals surface area contributed by atoms with Crippen LogP contribution in [0.25, 0.3) is 11.4 Å². The Labute approximate surface area is 173 Å². The van der Waals surface area contributed by atoms with Gasteiger partial charge in [-0.05, 0) is 44.0 Å². The second-order valence-corrected chi connectivity index (χ2v) is 7.48. The zero-order valence-electron chi connectivity index (χ0n) is 16.6. The first-order chi connectivity index (χ1) is 14.7. The fraction of sp³-hybridized carbons (Fsp3) is 0.227. The van der Waals surface area contributed by atoms with Crippen molar-refractivity contribution in [1.82, 2.24) is 35.1 Å². The lowest BCUT2D eigenvalue weighted by atomic mass is 10.2. The normalized spacial score (nSPS) is 13.4. The number of carbonyl (C=O) groups is 1. The number of aromatic nitrogens is 6. The van der Waals surface area contributed by atoms with Crippen LogP contribution in [0.5, 0.6) is 0 Å². The van der Waals surface area contributed by atoms with Crippen LogP contribution in [0.1, 0.15) is 46.3 Å². The van der Waals surface area contributed by atoms with Gasteiger partial charge in [0.1, 0.15) is 6.33 Å². The van der Waals surface area contributed by atoms with Crippen molar-refractivity contribution in [2.75, 3.05) is 0 Å². The number of hydrogen-bond acceptors (Lipinski definition) is 5. The van der Waals surface area contributed by atoms with Crippen molar-refractivity contribution >= 4 is 5.91 Å². The van der Waals surface area contributed by atoms with E-state index in [1.165, 1.54) is 5.56 Å². The van der Waals surface area contributed by atoms with Crippen LogP contribution >= 0.6 is 0 Å². The van der Waals surface area contributed by atoms with Gasteiger partial charge in [0.2, 0.25) is 0 Å². The number of carbonyl (C=O) groups excluding carboxylic acids is 1. The maximum atomic E-state index is 13.0. The van der Waals surface area contributed by atoms with Gasteiger partial charge in [0.25, 0.3) is 5.91 Å². The molecular formula is C22H21N7O. The molecule has 0 atom stereocenters. The van der Waals surface area contributed by atoms with Gasteiger partial charge in [0.15, 0.2) is 11.5 Å². The van der Waals surface area contributed by atoms with Crippen LogP contribution in [0.4, 0.5) is 0 Å². The second kappa shape index (κ2) is 7.55. The van der Waals surface area contributed by atoms with E-state index < -0.39 is 0 Å². The van der Waals surface area contributed by atoms with E-state index in [4.69, 9.17) is 0 Å². The standard InChI is InChI=1S/C22H21N7O/c1-15-7-11-18(12-8-15)29-21(16-9-10-16)20(26-27-29)22(30)23-13-19-25-24-14-28(19)17-5-3-2-4-6-17/h2-8,11-12,14,16H,9-10,13H2,1H3,(H,23,30). The molecule has 1 aliphatic carbocycles. The number of para-hydroxylation sites is 1. The van der Waals surface area contributed by atoms with Gasteiger partial charge in [-0.25, -0.2) is 4.68 Å². The molecule has 150 valence electrons. The fourth-order valence-corrected chi connectivity index (χ4v) is 3.48. The second-order valence-electron chi connectivity index (χ2n) is 7.48. The third kappa shape index (κ3) is 3.47. The number of nitrogens with zero attached hydrogens (tertiary/aromatic N) is 6. The van der Waals surface area contributed by atoms with Crippen LogP contribution in [-0.2, 0) is 6.54 Å². The first kappa shape index (κ1) is 18.2. The average Bonchev–Trinajstić information content (AvgIpc) is 3.34. The van der Waals surface area contributed by atoms with Crippen LogP contribution in [0.15, 0.2) is 60.9 Å². The Balaban J connectivity index is 1.38. The summed E-state index contributed by atoms with van der Waals surface area (Å²) < 4.78 is 3.64. The number of hydrogen-bond donors (Lipinski definition) is 1.